The number of nitrogens with one attached hydrogen (secondary N) is 2. The fourth-order valence-electron chi connectivity index (χ4n) is 4.48. The maximum Gasteiger partial charge on any atom is 0.224 e. The molecule has 0 saturated carbocycles. The van der Waals surface area contributed by atoms with Crippen molar-refractivity contribution in [3.8, 4) is 17.2 Å². The number of rotatable bonds is 4. The zero-order valence-electron chi connectivity index (χ0n) is 18.9. The molecule has 0 saturated heterocycles. The van der Waals surface area contributed by atoms with E-state index >= 15 is 0 Å². The van der Waals surface area contributed by atoms with E-state index in [0.717, 1.165) is 40.2 Å². The fraction of sp³-hybridized carbons (Fsp3) is 0.222. The lowest BCUT2D eigenvalue weighted by molar-refractivity contribution is -0.117. The molecule has 0 spiro atoms. The summed E-state index contributed by atoms with van der Waals surface area (Å²) in [6.45, 7) is 5.14. The second kappa shape index (κ2) is 9.17. The van der Waals surface area contributed by atoms with Crippen molar-refractivity contribution < 1.29 is 9.59 Å². The molecule has 166 valence electrons. The van der Waals surface area contributed by atoms with Crippen LogP contribution in [0.5, 0.6) is 0 Å². The van der Waals surface area contributed by atoms with Crippen molar-refractivity contribution in [3.05, 3.63) is 77.9 Å². The van der Waals surface area contributed by atoms with Gasteiger partial charge < -0.3 is 15.5 Å². The molecule has 1 heterocycles. The Hall–Kier alpha value is -4.11. The van der Waals surface area contributed by atoms with Gasteiger partial charge in [-0.2, -0.15) is 5.26 Å². The van der Waals surface area contributed by atoms with Gasteiger partial charge in [-0.15, -0.1) is 0 Å². The summed E-state index contributed by atoms with van der Waals surface area (Å²) in [5.41, 5.74) is 6.20. The number of carbonyl (C=O) groups excluding carboxylic acids is 2. The molecule has 0 radical (unpaired) electrons. The number of carbonyl (C=O) groups is 2. The average Bonchev–Trinajstić information content (AvgIpc) is 2.79. The highest BCUT2D eigenvalue weighted by molar-refractivity contribution is 5.94. The topological polar surface area (TPSA) is 85.2 Å². The van der Waals surface area contributed by atoms with Gasteiger partial charge in [-0.3, -0.25) is 9.59 Å². The summed E-state index contributed by atoms with van der Waals surface area (Å²) in [5, 5.41) is 15.5. The van der Waals surface area contributed by atoms with Crippen LogP contribution in [0, 0.1) is 11.3 Å². The molecule has 1 aliphatic heterocycles. The number of nitrogens with zero attached hydrogens (tertiary/aromatic N) is 2. The molecule has 6 heteroatoms. The lowest BCUT2D eigenvalue weighted by Crippen LogP contribution is -2.43. The van der Waals surface area contributed by atoms with E-state index in [-0.39, 0.29) is 23.9 Å². The number of fused-ring (bicyclic) bond motifs is 1. The van der Waals surface area contributed by atoms with E-state index in [9.17, 15) is 9.59 Å². The third kappa shape index (κ3) is 4.73. The zero-order valence-corrected chi connectivity index (χ0v) is 18.9. The van der Waals surface area contributed by atoms with Crippen molar-refractivity contribution in [1.82, 2.24) is 0 Å². The largest absolute Gasteiger partial charge is 0.378 e. The number of nitriles is 1. The van der Waals surface area contributed by atoms with Crippen molar-refractivity contribution in [3.63, 3.8) is 0 Å². The first-order valence-electron chi connectivity index (χ1n) is 10.9. The van der Waals surface area contributed by atoms with Gasteiger partial charge in [-0.05, 0) is 78.6 Å². The molecule has 1 aliphatic rings. The van der Waals surface area contributed by atoms with Crippen LogP contribution >= 0.6 is 0 Å². The Bertz CT molecular complexity index is 1240. The van der Waals surface area contributed by atoms with Crippen LogP contribution in [-0.2, 0) is 9.59 Å². The fourth-order valence-corrected chi connectivity index (χ4v) is 4.48. The summed E-state index contributed by atoms with van der Waals surface area (Å²) >= 11 is 0. The van der Waals surface area contributed by atoms with Crippen molar-refractivity contribution in [2.75, 3.05) is 15.5 Å². The SMILES string of the molecule is CC(=O)Nc1cccc(-c2ccc3c(c2)C(Nc2ccc(C#N)cc2)CC(C)N3C(C)=O)c1. The van der Waals surface area contributed by atoms with Crippen molar-refractivity contribution in [2.24, 2.45) is 0 Å². The van der Waals surface area contributed by atoms with Crippen LogP contribution in [0.25, 0.3) is 11.1 Å². The number of amides is 2. The molecule has 2 unspecified atom stereocenters. The summed E-state index contributed by atoms with van der Waals surface area (Å²) in [7, 11) is 0. The normalized spacial score (nSPS) is 17.0. The summed E-state index contributed by atoms with van der Waals surface area (Å²) < 4.78 is 0. The lowest BCUT2D eigenvalue weighted by atomic mass is 9.88. The van der Waals surface area contributed by atoms with Crippen LogP contribution in [0.1, 0.15) is 44.4 Å². The first kappa shape index (κ1) is 22.1. The maximum atomic E-state index is 12.4. The number of anilines is 3. The van der Waals surface area contributed by atoms with E-state index in [2.05, 4.69) is 29.7 Å². The van der Waals surface area contributed by atoms with Gasteiger partial charge in [-0.1, -0.05) is 18.2 Å². The van der Waals surface area contributed by atoms with Gasteiger partial charge in [0.2, 0.25) is 11.8 Å². The summed E-state index contributed by atoms with van der Waals surface area (Å²) in [6.07, 6.45) is 0.752. The molecule has 0 fully saturated rings. The number of hydrogen-bond acceptors (Lipinski definition) is 4. The van der Waals surface area contributed by atoms with Gasteiger partial charge in [0.05, 0.1) is 17.7 Å². The van der Waals surface area contributed by atoms with Crippen LogP contribution < -0.4 is 15.5 Å². The molecule has 2 N–H and O–H groups in total. The molecular formula is C27H26N4O2. The van der Waals surface area contributed by atoms with Crippen LogP contribution in [0.4, 0.5) is 17.1 Å². The van der Waals surface area contributed by atoms with E-state index in [1.54, 1.807) is 19.1 Å². The molecule has 2 atom stereocenters. The zero-order chi connectivity index (χ0) is 23.5. The second-order valence-corrected chi connectivity index (χ2v) is 8.40. The van der Waals surface area contributed by atoms with Gasteiger partial charge in [0.1, 0.15) is 0 Å². The van der Waals surface area contributed by atoms with E-state index in [0.29, 0.717) is 5.56 Å². The third-order valence-corrected chi connectivity index (χ3v) is 5.89. The first-order valence-corrected chi connectivity index (χ1v) is 10.9. The predicted octanol–water partition coefficient (Wildman–Crippen LogP) is 5.48. The Morgan fingerprint density at radius 1 is 0.970 bits per heavy atom. The lowest BCUT2D eigenvalue weighted by Gasteiger charge is -2.39. The average molecular weight is 439 g/mol. The van der Waals surface area contributed by atoms with Gasteiger partial charge in [0.15, 0.2) is 0 Å². The van der Waals surface area contributed by atoms with Gasteiger partial charge in [0, 0.05) is 37.0 Å². The molecule has 6 nitrogen and oxygen atoms in total. The number of benzene rings is 3. The highest BCUT2D eigenvalue weighted by Gasteiger charge is 2.32. The quantitative estimate of drug-likeness (QED) is 0.565. The van der Waals surface area contributed by atoms with Crippen LogP contribution in [0.2, 0.25) is 0 Å². The molecule has 3 aromatic carbocycles. The van der Waals surface area contributed by atoms with E-state index < -0.39 is 0 Å². The molecule has 4 rings (SSSR count). The predicted molar refractivity (Wildman–Crippen MR) is 131 cm³/mol. The Labute approximate surface area is 193 Å². The second-order valence-electron chi connectivity index (χ2n) is 8.40. The minimum Gasteiger partial charge on any atom is -0.378 e. The van der Waals surface area contributed by atoms with Crippen LogP contribution in [0.3, 0.4) is 0 Å². The molecule has 0 bridgehead atoms. The number of hydrogen-bond donors (Lipinski definition) is 2. The standard InChI is InChI=1S/C27H26N4O2/c1-17-13-26(30-23-10-7-20(16-28)8-11-23)25-15-22(9-12-27(25)31(17)19(3)33)21-5-4-6-24(14-21)29-18(2)32/h4-12,14-15,17,26,30H,13H2,1-3H3,(H,29,32). The summed E-state index contributed by atoms with van der Waals surface area (Å²) in [5.74, 6) is -0.101. The molecule has 3 aromatic rings. The molecule has 2 amide bonds. The highest BCUT2D eigenvalue weighted by atomic mass is 16.2. The minimum atomic E-state index is -0.115. The monoisotopic (exact) mass is 438 g/mol. The third-order valence-electron chi connectivity index (χ3n) is 5.89. The van der Waals surface area contributed by atoms with E-state index in [4.69, 9.17) is 5.26 Å². The Kier molecular flexibility index (Phi) is 6.14. The first-order chi connectivity index (χ1) is 15.9. The highest BCUT2D eigenvalue weighted by Crippen LogP contribution is 2.41. The Morgan fingerprint density at radius 3 is 2.36 bits per heavy atom. The maximum absolute atomic E-state index is 12.4. The molecule has 0 aliphatic carbocycles. The molecular weight excluding hydrogens is 412 g/mol. The van der Waals surface area contributed by atoms with Crippen molar-refractivity contribution >= 4 is 28.9 Å². The summed E-state index contributed by atoms with van der Waals surface area (Å²) in [6, 6.07) is 23.4. The van der Waals surface area contributed by atoms with Gasteiger partial charge in [-0.25, -0.2) is 0 Å². The Morgan fingerprint density at radius 2 is 1.70 bits per heavy atom. The summed E-state index contributed by atoms with van der Waals surface area (Å²) in [4.78, 5) is 25.8. The van der Waals surface area contributed by atoms with E-state index in [1.165, 1.54) is 6.92 Å². The van der Waals surface area contributed by atoms with E-state index in [1.807, 2.05) is 53.4 Å². The van der Waals surface area contributed by atoms with Crippen LogP contribution in [-0.4, -0.2) is 17.9 Å². The van der Waals surface area contributed by atoms with Gasteiger partial charge in [0.25, 0.3) is 0 Å². The minimum absolute atomic E-state index is 0.00277. The van der Waals surface area contributed by atoms with Crippen molar-refractivity contribution in [2.45, 2.75) is 39.3 Å². The van der Waals surface area contributed by atoms with Crippen molar-refractivity contribution in [1.29, 1.82) is 5.26 Å². The smallest absolute Gasteiger partial charge is 0.224 e. The van der Waals surface area contributed by atoms with Gasteiger partial charge >= 0.3 is 0 Å². The Balaban J connectivity index is 1.74. The van der Waals surface area contributed by atoms with Crippen LogP contribution in [0.15, 0.2) is 66.7 Å². The molecule has 33 heavy (non-hydrogen) atoms. The molecule has 0 aromatic heterocycles.